The lowest BCUT2D eigenvalue weighted by atomic mass is 10.0. The second-order valence-electron chi connectivity index (χ2n) is 5.28. The van der Waals surface area contributed by atoms with Gasteiger partial charge in [-0.15, -0.1) is 0 Å². The molecule has 2 aromatic rings. The van der Waals surface area contributed by atoms with Gasteiger partial charge in [0.1, 0.15) is 16.7 Å². The SMILES string of the molecule is COc1ccc2c(c1)CCCN2S(=O)(=O)c1ccccc1C#N. The van der Waals surface area contributed by atoms with Gasteiger partial charge in [-0.25, -0.2) is 8.42 Å². The number of aryl methyl sites for hydroxylation is 1. The molecule has 3 rings (SSSR count). The third kappa shape index (κ3) is 2.64. The van der Waals surface area contributed by atoms with Gasteiger partial charge in [0.25, 0.3) is 10.0 Å². The molecule has 1 heterocycles. The van der Waals surface area contributed by atoms with Crippen LogP contribution in [0, 0.1) is 11.3 Å². The van der Waals surface area contributed by atoms with Crippen LogP contribution in [-0.2, 0) is 16.4 Å². The number of rotatable bonds is 3. The number of ether oxygens (including phenoxy) is 1. The van der Waals surface area contributed by atoms with Gasteiger partial charge in [-0.1, -0.05) is 12.1 Å². The van der Waals surface area contributed by atoms with Crippen molar-refractivity contribution in [3.63, 3.8) is 0 Å². The van der Waals surface area contributed by atoms with Gasteiger partial charge in [-0.3, -0.25) is 4.31 Å². The Bertz CT molecular complexity index is 885. The van der Waals surface area contributed by atoms with E-state index in [1.54, 1.807) is 31.4 Å². The fourth-order valence-corrected chi connectivity index (χ4v) is 4.50. The average molecular weight is 328 g/mol. The Hall–Kier alpha value is -2.52. The summed E-state index contributed by atoms with van der Waals surface area (Å²) in [6, 6.07) is 13.6. The van der Waals surface area contributed by atoms with E-state index in [1.165, 1.54) is 16.4 Å². The first-order valence-electron chi connectivity index (χ1n) is 7.26. The van der Waals surface area contributed by atoms with Crippen molar-refractivity contribution in [2.75, 3.05) is 18.0 Å². The Morgan fingerprint density at radius 3 is 2.74 bits per heavy atom. The molecule has 0 fully saturated rings. The standard InChI is InChI=1S/C17H16N2O3S/c1-22-15-8-9-16-13(11-15)6-4-10-19(16)23(20,21)17-7-3-2-5-14(17)12-18/h2-3,5,7-9,11H,4,6,10H2,1H3. The third-order valence-electron chi connectivity index (χ3n) is 3.94. The topological polar surface area (TPSA) is 70.4 Å². The molecule has 0 saturated carbocycles. The van der Waals surface area contributed by atoms with Crippen LogP contribution in [0.1, 0.15) is 17.5 Å². The lowest BCUT2D eigenvalue weighted by Crippen LogP contribution is -2.35. The van der Waals surface area contributed by atoms with E-state index in [0.29, 0.717) is 18.0 Å². The summed E-state index contributed by atoms with van der Waals surface area (Å²) >= 11 is 0. The highest BCUT2D eigenvalue weighted by Crippen LogP contribution is 2.34. The molecule has 0 aliphatic carbocycles. The van der Waals surface area contributed by atoms with Crippen LogP contribution in [-0.4, -0.2) is 22.1 Å². The third-order valence-corrected chi connectivity index (χ3v) is 5.81. The monoisotopic (exact) mass is 328 g/mol. The van der Waals surface area contributed by atoms with Gasteiger partial charge in [0.15, 0.2) is 0 Å². The smallest absolute Gasteiger partial charge is 0.265 e. The van der Waals surface area contributed by atoms with E-state index in [-0.39, 0.29) is 10.5 Å². The van der Waals surface area contributed by atoms with E-state index in [1.807, 2.05) is 12.1 Å². The molecule has 0 radical (unpaired) electrons. The second-order valence-corrected chi connectivity index (χ2v) is 7.11. The van der Waals surface area contributed by atoms with Gasteiger partial charge in [-0.2, -0.15) is 5.26 Å². The predicted molar refractivity (Wildman–Crippen MR) is 87.0 cm³/mol. The number of methoxy groups -OCH3 is 1. The molecule has 0 saturated heterocycles. The quantitative estimate of drug-likeness (QED) is 0.868. The van der Waals surface area contributed by atoms with Gasteiger partial charge < -0.3 is 4.74 Å². The van der Waals surface area contributed by atoms with Crippen molar-refractivity contribution in [3.8, 4) is 11.8 Å². The molecular formula is C17H16N2O3S. The highest BCUT2D eigenvalue weighted by atomic mass is 32.2. The van der Waals surface area contributed by atoms with Crippen molar-refractivity contribution in [1.82, 2.24) is 0 Å². The Balaban J connectivity index is 2.11. The minimum absolute atomic E-state index is 0.0474. The molecular weight excluding hydrogens is 312 g/mol. The van der Waals surface area contributed by atoms with E-state index in [0.717, 1.165) is 18.4 Å². The lowest BCUT2D eigenvalue weighted by molar-refractivity contribution is 0.414. The van der Waals surface area contributed by atoms with Gasteiger partial charge in [0, 0.05) is 6.54 Å². The van der Waals surface area contributed by atoms with Crippen LogP contribution in [0.25, 0.3) is 0 Å². The largest absolute Gasteiger partial charge is 0.497 e. The van der Waals surface area contributed by atoms with E-state index < -0.39 is 10.0 Å². The number of fused-ring (bicyclic) bond motifs is 1. The molecule has 0 unspecified atom stereocenters. The zero-order chi connectivity index (χ0) is 16.4. The van der Waals surface area contributed by atoms with E-state index in [4.69, 9.17) is 4.74 Å². The van der Waals surface area contributed by atoms with Gasteiger partial charge in [-0.05, 0) is 48.7 Å². The number of hydrogen-bond donors (Lipinski definition) is 0. The van der Waals surface area contributed by atoms with Crippen molar-refractivity contribution in [1.29, 1.82) is 5.26 Å². The molecule has 2 aromatic carbocycles. The summed E-state index contributed by atoms with van der Waals surface area (Å²) in [4.78, 5) is 0.0474. The van der Waals surface area contributed by atoms with E-state index >= 15 is 0 Å². The molecule has 1 aliphatic heterocycles. The summed E-state index contributed by atoms with van der Waals surface area (Å²) in [7, 11) is -2.18. The maximum atomic E-state index is 13.0. The molecule has 5 nitrogen and oxygen atoms in total. The number of anilines is 1. The normalized spacial score (nSPS) is 14.0. The van der Waals surface area contributed by atoms with Crippen molar-refractivity contribution >= 4 is 15.7 Å². The van der Waals surface area contributed by atoms with Crippen LogP contribution in [0.2, 0.25) is 0 Å². The van der Waals surface area contributed by atoms with Crippen molar-refractivity contribution < 1.29 is 13.2 Å². The summed E-state index contributed by atoms with van der Waals surface area (Å²) in [5.74, 6) is 0.709. The predicted octanol–water partition coefficient (Wildman–Crippen LogP) is 2.71. The van der Waals surface area contributed by atoms with Crippen LogP contribution in [0.4, 0.5) is 5.69 Å². The van der Waals surface area contributed by atoms with Crippen LogP contribution in [0.5, 0.6) is 5.75 Å². The number of benzene rings is 2. The molecule has 0 bridgehead atoms. The number of nitrogens with zero attached hydrogens (tertiary/aromatic N) is 2. The van der Waals surface area contributed by atoms with E-state index in [2.05, 4.69) is 0 Å². The fourth-order valence-electron chi connectivity index (χ4n) is 2.82. The molecule has 0 N–H and O–H groups in total. The Labute approximate surface area is 135 Å². The minimum atomic E-state index is -3.77. The second kappa shape index (κ2) is 5.94. The molecule has 0 atom stereocenters. The van der Waals surface area contributed by atoms with Crippen LogP contribution in [0.3, 0.4) is 0 Å². The Kier molecular flexibility index (Phi) is 3.97. The lowest BCUT2D eigenvalue weighted by Gasteiger charge is -2.31. The van der Waals surface area contributed by atoms with E-state index in [9.17, 15) is 13.7 Å². The minimum Gasteiger partial charge on any atom is -0.497 e. The van der Waals surface area contributed by atoms with Gasteiger partial charge in [0.05, 0.1) is 18.4 Å². The number of nitriles is 1. The Morgan fingerprint density at radius 2 is 2.00 bits per heavy atom. The maximum absolute atomic E-state index is 13.0. The highest BCUT2D eigenvalue weighted by Gasteiger charge is 2.30. The molecule has 6 heteroatoms. The number of hydrogen-bond acceptors (Lipinski definition) is 4. The molecule has 0 spiro atoms. The fraction of sp³-hybridized carbons (Fsp3) is 0.235. The average Bonchev–Trinajstić information content (AvgIpc) is 2.60. The zero-order valence-corrected chi connectivity index (χ0v) is 13.5. The zero-order valence-electron chi connectivity index (χ0n) is 12.7. The van der Waals surface area contributed by atoms with Crippen LogP contribution >= 0.6 is 0 Å². The highest BCUT2D eigenvalue weighted by molar-refractivity contribution is 7.92. The van der Waals surface area contributed by atoms with Gasteiger partial charge >= 0.3 is 0 Å². The summed E-state index contributed by atoms with van der Waals surface area (Å²) in [5, 5.41) is 9.19. The first-order valence-corrected chi connectivity index (χ1v) is 8.70. The van der Waals surface area contributed by atoms with Crippen molar-refractivity contribution in [2.24, 2.45) is 0 Å². The van der Waals surface area contributed by atoms with Crippen molar-refractivity contribution in [3.05, 3.63) is 53.6 Å². The molecule has 23 heavy (non-hydrogen) atoms. The van der Waals surface area contributed by atoms with Gasteiger partial charge in [0.2, 0.25) is 0 Å². The molecule has 0 amide bonds. The van der Waals surface area contributed by atoms with Crippen LogP contribution in [0.15, 0.2) is 47.4 Å². The first kappa shape index (κ1) is 15.4. The molecule has 1 aliphatic rings. The molecule has 118 valence electrons. The summed E-state index contributed by atoms with van der Waals surface area (Å²) in [6.45, 7) is 0.404. The summed E-state index contributed by atoms with van der Waals surface area (Å²) in [5.41, 5.74) is 1.76. The molecule has 0 aromatic heterocycles. The Morgan fingerprint density at radius 1 is 1.22 bits per heavy atom. The summed E-state index contributed by atoms with van der Waals surface area (Å²) < 4.78 is 32.7. The maximum Gasteiger partial charge on any atom is 0.265 e. The first-order chi connectivity index (χ1) is 11.1. The van der Waals surface area contributed by atoms with Crippen molar-refractivity contribution in [2.45, 2.75) is 17.7 Å². The summed E-state index contributed by atoms with van der Waals surface area (Å²) in [6.07, 6.45) is 1.53. The van der Waals surface area contributed by atoms with Crippen LogP contribution < -0.4 is 9.04 Å². The number of sulfonamides is 1.